The molecule has 1 aliphatic heterocycles. The number of amides is 1. The molecule has 8 heteroatoms. The van der Waals surface area contributed by atoms with Gasteiger partial charge in [0, 0.05) is 18.8 Å². The number of hydrogen-bond acceptors (Lipinski definition) is 4. The highest BCUT2D eigenvalue weighted by atomic mass is 35.5. The first-order valence-corrected chi connectivity index (χ1v) is 8.60. The molecule has 1 aliphatic rings. The predicted octanol–water partition coefficient (Wildman–Crippen LogP) is 3.80. The van der Waals surface area contributed by atoms with Gasteiger partial charge in [0.1, 0.15) is 24.1 Å². The number of carbonyl (C=O) groups excluding carboxylic acids is 1. The van der Waals surface area contributed by atoms with E-state index in [4.69, 9.17) is 16.3 Å². The molecule has 0 saturated carbocycles. The van der Waals surface area contributed by atoms with E-state index >= 15 is 0 Å². The molecule has 2 aromatic heterocycles. The Bertz CT molecular complexity index is 933. The molecule has 0 N–H and O–H groups in total. The van der Waals surface area contributed by atoms with Crippen molar-refractivity contribution in [2.24, 2.45) is 0 Å². The number of alkyl halides is 1. The van der Waals surface area contributed by atoms with Crippen LogP contribution in [0.2, 0.25) is 5.15 Å². The van der Waals surface area contributed by atoms with Crippen molar-refractivity contribution in [1.29, 1.82) is 0 Å². The summed E-state index contributed by atoms with van der Waals surface area (Å²) in [7, 11) is 0. The number of likely N-dealkylation sites (tertiary alicyclic amines) is 1. The normalized spacial score (nSPS) is 19.8. The van der Waals surface area contributed by atoms with Crippen LogP contribution >= 0.6 is 11.6 Å². The van der Waals surface area contributed by atoms with Gasteiger partial charge < -0.3 is 4.74 Å². The molecule has 134 valence electrons. The Morgan fingerprint density at radius 2 is 2.12 bits per heavy atom. The Morgan fingerprint density at radius 1 is 1.31 bits per heavy atom. The summed E-state index contributed by atoms with van der Waals surface area (Å²) < 4.78 is 21.2. The van der Waals surface area contributed by atoms with Gasteiger partial charge in [0.25, 0.3) is 0 Å². The number of nitrogens with zero attached hydrogens (tertiary/aromatic N) is 4. The lowest BCUT2D eigenvalue weighted by Gasteiger charge is -2.23. The Kier molecular flexibility index (Phi) is 4.46. The van der Waals surface area contributed by atoms with E-state index in [1.54, 1.807) is 23.0 Å². The molecule has 1 aromatic carbocycles. The van der Waals surface area contributed by atoms with Crippen molar-refractivity contribution in [2.45, 2.75) is 25.2 Å². The maximum absolute atomic E-state index is 14.1. The topological polar surface area (TPSA) is 59.7 Å². The van der Waals surface area contributed by atoms with Crippen molar-refractivity contribution < 1.29 is 13.9 Å². The Labute approximate surface area is 154 Å². The number of carbonyl (C=O) groups is 1. The van der Waals surface area contributed by atoms with E-state index in [-0.39, 0.29) is 19.6 Å². The van der Waals surface area contributed by atoms with Gasteiger partial charge in [-0.05, 0) is 5.56 Å². The summed E-state index contributed by atoms with van der Waals surface area (Å²) >= 11 is 6.07. The number of hydrogen-bond donors (Lipinski definition) is 0. The Hall–Kier alpha value is -2.67. The third-order valence-electron chi connectivity index (χ3n) is 4.43. The molecule has 1 fully saturated rings. The minimum atomic E-state index is -1.13. The molecule has 3 aromatic rings. The van der Waals surface area contributed by atoms with Crippen molar-refractivity contribution in [3.05, 3.63) is 65.5 Å². The monoisotopic (exact) mass is 374 g/mol. The van der Waals surface area contributed by atoms with Crippen LogP contribution in [-0.4, -0.2) is 38.1 Å². The lowest BCUT2D eigenvalue weighted by Crippen LogP contribution is -2.32. The molecule has 3 heterocycles. The number of aromatic nitrogens is 3. The van der Waals surface area contributed by atoms with Gasteiger partial charge in [-0.25, -0.2) is 19.2 Å². The van der Waals surface area contributed by atoms with Gasteiger partial charge in [0.15, 0.2) is 5.15 Å². The Balaban J connectivity index is 1.56. The molecule has 1 saturated heterocycles. The molecule has 26 heavy (non-hydrogen) atoms. The van der Waals surface area contributed by atoms with Crippen LogP contribution < -0.4 is 0 Å². The molecule has 0 spiro atoms. The highest BCUT2D eigenvalue weighted by Gasteiger charge is 2.39. The van der Waals surface area contributed by atoms with Crippen molar-refractivity contribution in [2.75, 3.05) is 6.54 Å². The smallest absolute Gasteiger partial charge is 0.410 e. The van der Waals surface area contributed by atoms with E-state index in [0.717, 1.165) is 5.56 Å². The Morgan fingerprint density at radius 3 is 2.92 bits per heavy atom. The minimum absolute atomic E-state index is 0.0218. The zero-order chi connectivity index (χ0) is 18.1. The summed E-state index contributed by atoms with van der Waals surface area (Å²) in [6.07, 6.45) is 3.29. The molecular formula is C18H16ClFN4O2. The third kappa shape index (κ3) is 3.10. The molecule has 0 unspecified atom stereocenters. The SMILES string of the molecule is O=C(OCc1ccccc1)N1C[C@H](F)C[C@H]1c1ncc2c(Cl)nccn12. The summed E-state index contributed by atoms with van der Waals surface area (Å²) in [6, 6.07) is 8.84. The van der Waals surface area contributed by atoms with E-state index in [1.807, 2.05) is 30.3 Å². The fourth-order valence-electron chi connectivity index (χ4n) is 3.20. The molecule has 0 aliphatic carbocycles. The summed E-state index contributed by atoms with van der Waals surface area (Å²) in [6.45, 7) is 0.115. The van der Waals surface area contributed by atoms with Crippen molar-refractivity contribution in [3.8, 4) is 0 Å². The van der Waals surface area contributed by atoms with Gasteiger partial charge in [0.05, 0.1) is 18.8 Å². The summed E-state index contributed by atoms with van der Waals surface area (Å²) in [5, 5.41) is 0.305. The first-order valence-electron chi connectivity index (χ1n) is 8.22. The van der Waals surface area contributed by atoms with E-state index in [0.29, 0.717) is 16.5 Å². The van der Waals surface area contributed by atoms with E-state index < -0.39 is 18.3 Å². The molecule has 2 atom stereocenters. The fraction of sp³-hybridized carbons (Fsp3) is 0.278. The number of benzene rings is 1. The van der Waals surface area contributed by atoms with Gasteiger partial charge >= 0.3 is 6.09 Å². The third-order valence-corrected chi connectivity index (χ3v) is 4.72. The summed E-state index contributed by atoms with van der Waals surface area (Å²) in [5.74, 6) is 0.543. The van der Waals surface area contributed by atoms with Gasteiger partial charge in [-0.15, -0.1) is 0 Å². The predicted molar refractivity (Wildman–Crippen MR) is 93.6 cm³/mol. The molecular weight excluding hydrogens is 359 g/mol. The lowest BCUT2D eigenvalue weighted by atomic mass is 10.2. The van der Waals surface area contributed by atoms with Gasteiger partial charge in [0.2, 0.25) is 0 Å². The average molecular weight is 375 g/mol. The van der Waals surface area contributed by atoms with Gasteiger partial charge in [-0.2, -0.15) is 0 Å². The summed E-state index contributed by atoms with van der Waals surface area (Å²) in [4.78, 5) is 22.3. The van der Waals surface area contributed by atoms with Gasteiger partial charge in [-0.3, -0.25) is 9.30 Å². The van der Waals surface area contributed by atoms with Crippen LogP contribution in [-0.2, 0) is 11.3 Å². The van der Waals surface area contributed by atoms with E-state index in [1.165, 1.54) is 4.90 Å². The van der Waals surface area contributed by atoms with E-state index in [9.17, 15) is 9.18 Å². The van der Waals surface area contributed by atoms with Gasteiger partial charge in [-0.1, -0.05) is 41.9 Å². The van der Waals surface area contributed by atoms with Crippen LogP contribution in [0.15, 0.2) is 48.9 Å². The van der Waals surface area contributed by atoms with Crippen LogP contribution in [0.5, 0.6) is 0 Å². The maximum atomic E-state index is 14.1. The minimum Gasteiger partial charge on any atom is -0.445 e. The zero-order valence-corrected chi connectivity index (χ0v) is 14.5. The maximum Gasteiger partial charge on any atom is 0.410 e. The molecule has 4 rings (SSSR count). The van der Waals surface area contributed by atoms with Crippen molar-refractivity contribution >= 4 is 23.2 Å². The number of ether oxygens (including phenoxy) is 1. The van der Waals surface area contributed by atoms with Crippen LogP contribution in [0, 0.1) is 0 Å². The highest BCUT2D eigenvalue weighted by molar-refractivity contribution is 6.32. The molecule has 0 bridgehead atoms. The van der Waals surface area contributed by atoms with E-state index in [2.05, 4.69) is 9.97 Å². The lowest BCUT2D eigenvalue weighted by molar-refractivity contribution is 0.0893. The first-order chi connectivity index (χ1) is 12.6. The quantitative estimate of drug-likeness (QED) is 0.699. The standard InChI is InChI=1S/C18H16ClFN4O2/c19-16-15-9-22-17(23(15)7-6-21-16)14-8-13(20)10-24(14)18(25)26-11-12-4-2-1-3-5-12/h1-7,9,13-14H,8,10-11H2/t13-,14+/m1/s1. The largest absolute Gasteiger partial charge is 0.445 e. The van der Waals surface area contributed by atoms with Crippen LogP contribution in [0.25, 0.3) is 5.52 Å². The second kappa shape index (κ2) is 6.92. The number of rotatable bonds is 3. The average Bonchev–Trinajstić information content (AvgIpc) is 3.25. The molecule has 6 nitrogen and oxygen atoms in total. The van der Waals surface area contributed by atoms with Crippen molar-refractivity contribution in [3.63, 3.8) is 0 Å². The molecule has 1 amide bonds. The molecule has 0 radical (unpaired) electrons. The second-order valence-electron chi connectivity index (χ2n) is 6.13. The fourth-order valence-corrected chi connectivity index (χ4v) is 3.39. The van der Waals surface area contributed by atoms with Crippen LogP contribution in [0.3, 0.4) is 0 Å². The number of imidazole rings is 1. The number of fused-ring (bicyclic) bond motifs is 1. The number of halogens is 2. The second-order valence-corrected chi connectivity index (χ2v) is 6.49. The highest BCUT2D eigenvalue weighted by Crippen LogP contribution is 2.34. The van der Waals surface area contributed by atoms with Crippen molar-refractivity contribution in [1.82, 2.24) is 19.3 Å². The first kappa shape index (κ1) is 16.8. The zero-order valence-electron chi connectivity index (χ0n) is 13.8. The van der Waals surface area contributed by atoms with Crippen LogP contribution in [0.1, 0.15) is 23.9 Å². The summed E-state index contributed by atoms with van der Waals surface area (Å²) in [5.41, 5.74) is 1.49. The van der Waals surface area contributed by atoms with Crippen LogP contribution in [0.4, 0.5) is 9.18 Å².